The maximum atomic E-state index is 13.6. The Kier molecular flexibility index (Phi) is 5.51. The molecule has 1 saturated heterocycles. The van der Waals surface area contributed by atoms with Gasteiger partial charge in [-0.2, -0.15) is 0 Å². The summed E-state index contributed by atoms with van der Waals surface area (Å²) in [7, 11) is 0. The van der Waals surface area contributed by atoms with E-state index in [4.69, 9.17) is 9.47 Å². The summed E-state index contributed by atoms with van der Waals surface area (Å²) in [5, 5.41) is 10.3. The van der Waals surface area contributed by atoms with E-state index in [2.05, 4.69) is 4.90 Å². The molecule has 0 spiro atoms. The number of hydrogen-bond acceptors (Lipinski definition) is 4. The van der Waals surface area contributed by atoms with Crippen LogP contribution in [0.4, 0.5) is 10.1 Å². The fraction of sp³-hybridized carbons (Fsp3) is 0.667. The summed E-state index contributed by atoms with van der Waals surface area (Å²) in [6.07, 6.45) is 3.65. The van der Waals surface area contributed by atoms with Gasteiger partial charge in [-0.25, -0.2) is 4.39 Å². The van der Waals surface area contributed by atoms with Gasteiger partial charge in [-0.05, 0) is 55.9 Å². The molecule has 4 nitrogen and oxygen atoms in total. The summed E-state index contributed by atoms with van der Waals surface area (Å²) >= 11 is 0. The minimum atomic E-state index is -0.549. The third-order valence-corrected chi connectivity index (χ3v) is 4.60. The molecule has 2 aliphatic rings. The molecule has 0 amide bonds. The minimum Gasteiger partial charge on any atom is -0.389 e. The van der Waals surface area contributed by atoms with Crippen LogP contribution in [0.15, 0.2) is 12.1 Å². The molecule has 0 aliphatic carbocycles. The number of benzene rings is 1. The van der Waals surface area contributed by atoms with Crippen LogP contribution in [0.25, 0.3) is 0 Å². The number of rotatable bonds is 6. The lowest BCUT2D eigenvalue weighted by atomic mass is 9.97. The Morgan fingerprint density at radius 1 is 1.43 bits per heavy atom. The predicted octanol–water partition coefficient (Wildman–Crippen LogP) is 2.44. The van der Waals surface area contributed by atoms with Crippen LogP contribution in [-0.4, -0.2) is 50.2 Å². The van der Waals surface area contributed by atoms with Crippen molar-refractivity contribution in [1.29, 1.82) is 0 Å². The van der Waals surface area contributed by atoms with Crippen LogP contribution in [0.3, 0.4) is 0 Å². The van der Waals surface area contributed by atoms with Gasteiger partial charge in [0.05, 0.1) is 25.4 Å². The average Bonchev–Trinajstić information content (AvgIpc) is 3.00. The third-order valence-electron chi connectivity index (χ3n) is 4.60. The normalized spacial score (nSPS) is 22.2. The van der Waals surface area contributed by atoms with E-state index >= 15 is 0 Å². The summed E-state index contributed by atoms with van der Waals surface area (Å²) in [6, 6.07) is 3.19. The average molecular weight is 323 g/mol. The van der Waals surface area contributed by atoms with E-state index < -0.39 is 6.10 Å². The molecule has 0 saturated carbocycles. The predicted molar refractivity (Wildman–Crippen MR) is 87.5 cm³/mol. The number of β-amino-alcohol motifs (C(OH)–C–C–N with tert-alkyl or cyclic N) is 1. The Balaban J connectivity index is 1.54. The molecule has 1 aromatic carbocycles. The first-order valence-corrected chi connectivity index (χ1v) is 8.55. The monoisotopic (exact) mass is 323 g/mol. The van der Waals surface area contributed by atoms with E-state index in [0.717, 1.165) is 55.6 Å². The summed E-state index contributed by atoms with van der Waals surface area (Å²) in [5.74, 6) is -0.177. The van der Waals surface area contributed by atoms with Gasteiger partial charge in [0.25, 0.3) is 0 Å². The molecular weight excluding hydrogens is 297 g/mol. The van der Waals surface area contributed by atoms with Gasteiger partial charge in [0.1, 0.15) is 5.82 Å². The molecule has 3 rings (SSSR count). The molecule has 1 fully saturated rings. The van der Waals surface area contributed by atoms with Gasteiger partial charge in [0.15, 0.2) is 0 Å². The van der Waals surface area contributed by atoms with Crippen LogP contribution in [0.5, 0.6) is 0 Å². The molecule has 2 aliphatic heterocycles. The summed E-state index contributed by atoms with van der Waals surface area (Å²) < 4.78 is 24.7. The van der Waals surface area contributed by atoms with E-state index in [0.29, 0.717) is 19.8 Å². The number of aryl methyl sites for hydroxylation is 2. The van der Waals surface area contributed by atoms with Gasteiger partial charge < -0.3 is 19.5 Å². The molecule has 1 aromatic rings. The molecule has 2 atom stereocenters. The van der Waals surface area contributed by atoms with E-state index in [1.54, 1.807) is 12.1 Å². The van der Waals surface area contributed by atoms with Crippen LogP contribution in [0.2, 0.25) is 0 Å². The highest BCUT2D eigenvalue weighted by Crippen LogP contribution is 2.31. The number of aliphatic hydroxyl groups excluding tert-OH is 1. The lowest BCUT2D eigenvalue weighted by Crippen LogP contribution is -2.39. The molecule has 2 unspecified atom stereocenters. The SMILES string of the molecule is Cc1cc(F)cc2c1N(CC(O)COCC1CCCO1)CCC2. The second-order valence-corrected chi connectivity index (χ2v) is 6.61. The largest absolute Gasteiger partial charge is 0.389 e. The molecule has 0 bridgehead atoms. The highest BCUT2D eigenvalue weighted by Gasteiger charge is 2.22. The molecule has 0 radical (unpaired) electrons. The number of ether oxygens (including phenoxy) is 2. The van der Waals surface area contributed by atoms with Crippen molar-refractivity contribution in [3.8, 4) is 0 Å². The first-order chi connectivity index (χ1) is 11.1. The van der Waals surface area contributed by atoms with Crippen molar-refractivity contribution in [2.75, 3.05) is 37.8 Å². The van der Waals surface area contributed by atoms with E-state index in [9.17, 15) is 9.50 Å². The number of anilines is 1. The fourth-order valence-corrected chi connectivity index (χ4v) is 3.62. The van der Waals surface area contributed by atoms with Crippen molar-refractivity contribution in [2.24, 2.45) is 0 Å². The Morgan fingerprint density at radius 2 is 2.30 bits per heavy atom. The second kappa shape index (κ2) is 7.60. The van der Waals surface area contributed by atoms with Crippen LogP contribution in [-0.2, 0) is 15.9 Å². The van der Waals surface area contributed by atoms with Crippen LogP contribution in [0.1, 0.15) is 30.4 Å². The van der Waals surface area contributed by atoms with Crippen molar-refractivity contribution < 1.29 is 19.0 Å². The number of aliphatic hydroxyl groups is 1. The first kappa shape index (κ1) is 16.7. The van der Waals surface area contributed by atoms with Crippen molar-refractivity contribution >= 4 is 5.69 Å². The van der Waals surface area contributed by atoms with Gasteiger partial charge >= 0.3 is 0 Å². The minimum absolute atomic E-state index is 0.177. The number of nitrogens with zero attached hydrogens (tertiary/aromatic N) is 1. The molecule has 23 heavy (non-hydrogen) atoms. The van der Waals surface area contributed by atoms with E-state index in [-0.39, 0.29) is 11.9 Å². The fourth-order valence-electron chi connectivity index (χ4n) is 3.62. The highest BCUT2D eigenvalue weighted by molar-refractivity contribution is 5.61. The van der Waals surface area contributed by atoms with E-state index in [1.165, 1.54) is 0 Å². The van der Waals surface area contributed by atoms with Crippen LogP contribution >= 0.6 is 0 Å². The highest BCUT2D eigenvalue weighted by atomic mass is 19.1. The van der Waals surface area contributed by atoms with Gasteiger partial charge in [-0.3, -0.25) is 0 Å². The Bertz CT molecular complexity index is 531. The zero-order valence-electron chi connectivity index (χ0n) is 13.8. The zero-order valence-corrected chi connectivity index (χ0v) is 13.8. The molecule has 5 heteroatoms. The Morgan fingerprint density at radius 3 is 3.09 bits per heavy atom. The first-order valence-electron chi connectivity index (χ1n) is 8.55. The standard InChI is InChI=1S/C18H26FNO3/c1-13-8-15(19)9-14-4-2-6-20(18(13)14)10-16(21)11-22-12-17-5-3-7-23-17/h8-9,16-17,21H,2-7,10-12H2,1H3. The maximum Gasteiger partial charge on any atom is 0.123 e. The van der Waals surface area contributed by atoms with Crippen molar-refractivity contribution in [2.45, 2.75) is 44.8 Å². The van der Waals surface area contributed by atoms with Crippen molar-refractivity contribution in [1.82, 2.24) is 0 Å². The Hall–Kier alpha value is -1.17. The van der Waals surface area contributed by atoms with Crippen LogP contribution in [0, 0.1) is 12.7 Å². The van der Waals surface area contributed by atoms with Crippen molar-refractivity contribution in [3.63, 3.8) is 0 Å². The lowest BCUT2D eigenvalue weighted by molar-refractivity contribution is -0.0150. The molecule has 1 N–H and O–H groups in total. The van der Waals surface area contributed by atoms with Gasteiger partial charge in [0.2, 0.25) is 0 Å². The van der Waals surface area contributed by atoms with Crippen LogP contribution < -0.4 is 4.90 Å². The summed E-state index contributed by atoms with van der Waals surface area (Å²) in [5.41, 5.74) is 3.06. The third kappa shape index (κ3) is 4.22. The van der Waals surface area contributed by atoms with Gasteiger partial charge in [-0.1, -0.05) is 0 Å². The van der Waals surface area contributed by atoms with E-state index in [1.807, 2.05) is 6.92 Å². The topological polar surface area (TPSA) is 41.9 Å². The molecule has 0 aromatic heterocycles. The maximum absolute atomic E-state index is 13.6. The zero-order chi connectivity index (χ0) is 16.2. The van der Waals surface area contributed by atoms with Crippen molar-refractivity contribution in [3.05, 3.63) is 29.1 Å². The van der Waals surface area contributed by atoms with Gasteiger partial charge in [-0.15, -0.1) is 0 Å². The summed E-state index contributed by atoms with van der Waals surface area (Å²) in [6.45, 7) is 5.02. The number of fused-ring (bicyclic) bond motifs is 1. The lowest BCUT2D eigenvalue weighted by Gasteiger charge is -2.34. The summed E-state index contributed by atoms with van der Waals surface area (Å²) in [4.78, 5) is 2.16. The quantitative estimate of drug-likeness (QED) is 0.873. The Labute approximate surface area is 137 Å². The number of hydrogen-bond donors (Lipinski definition) is 1. The molecule has 128 valence electrons. The molecule has 2 heterocycles. The second-order valence-electron chi connectivity index (χ2n) is 6.61. The number of halogens is 1. The molecular formula is C18H26FNO3. The smallest absolute Gasteiger partial charge is 0.123 e. The van der Waals surface area contributed by atoms with Gasteiger partial charge in [0, 0.05) is 25.4 Å².